The van der Waals surface area contributed by atoms with Crippen LogP contribution in [0.15, 0.2) is 18.3 Å². The van der Waals surface area contributed by atoms with E-state index in [9.17, 15) is 4.79 Å². The van der Waals surface area contributed by atoms with Crippen LogP contribution in [-0.4, -0.2) is 17.6 Å². The Hall–Kier alpha value is -1.55. The van der Waals surface area contributed by atoms with Gasteiger partial charge in [-0.2, -0.15) is 0 Å². The summed E-state index contributed by atoms with van der Waals surface area (Å²) in [5.74, 6) is -0.434. The lowest BCUT2D eigenvalue weighted by molar-refractivity contribution is -0.137. The molecule has 0 aliphatic heterocycles. The lowest BCUT2D eigenvalue weighted by atomic mass is 10.2. The molecule has 0 saturated heterocycles. The smallest absolute Gasteiger partial charge is 0.330 e. The van der Waals surface area contributed by atoms with Crippen LogP contribution in [0.25, 0.3) is 6.08 Å². The predicted molar refractivity (Wildman–Crippen MR) is 59.3 cm³/mol. The first-order chi connectivity index (χ1) is 7.15. The summed E-state index contributed by atoms with van der Waals surface area (Å²) in [6, 6.07) is 1.61. The number of nitrogens with two attached hydrogens (primary N) is 1. The fraction of sp³-hybridized carbons (Fsp3) is 0.200. The molecule has 0 saturated carbocycles. The molecule has 0 aromatic carbocycles. The van der Waals surface area contributed by atoms with Crippen LogP contribution in [0.4, 0.5) is 5.69 Å². The van der Waals surface area contributed by atoms with E-state index in [1.54, 1.807) is 13.0 Å². The van der Waals surface area contributed by atoms with Crippen molar-refractivity contribution in [3.63, 3.8) is 0 Å². The number of carbonyl (C=O) groups is 1. The normalized spacial score (nSPS) is 10.5. The molecule has 1 rings (SSSR count). The van der Waals surface area contributed by atoms with Crippen LogP contribution >= 0.6 is 11.6 Å². The van der Waals surface area contributed by atoms with Gasteiger partial charge in [-0.05, 0) is 19.1 Å². The molecule has 1 heterocycles. The van der Waals surface area contributed by atoms with Gasteiger partial charge in [0, 0.05) is 23.5 Å². The maximum atomic E-state index is 11.0. The van der Waals surface area contributed by atoms with Gasteiger partial charge in [0.2, 0.25) is 0 Å². The standard InChI is InChI=1S/C10H11ClN2O2/c1-2-15-9(14)4-3-7-8(12)5-6-13-10(7)11/h3-6H,2H2,1H3,(H2,12,13)/b4-3+. The molecule has 1 aromatic rings. The summed E-state index contributed by atoms with van der Waals surface area (Å²) in [5, 5.41) is 0.260. The number of aromatic nitrogens is 1. The number of halogens is 1. The van der Waals surface area contributed by atoms with Crippen LogP contribution in [-0.2, 0) is 9.53 Å². The van der Waals surface area contributed by atoms with Gasteiger partial charge in [0.15, 0.2) is 0 Å². The van der Waals surface area contributed by atoms with E-state index in [4.69, 9.17) is 22.1 Å². The summed E-state index contributed by atoms with van der Waals surface area (Å²) in [5.41, 5.74) is 6.64. The summed E-state index contributed by atoms with van der Waals surface area (Å²) in [4.78, 5) is 14.9. The Labute approximate surface area is 92.7 Å². The molecule has 2 N–H and O–H groups in total. The lowest BCUT2D eigenvalue weighted by Gasteiger charge is -2.01. The number of hydrogen-bond acceptors (Lipinski definition) is 4. The largest absolute Gasteiger partial charge is 0.463 e. The van der Waals surface area contributed by atoms with Crippen LogP contribution in [0.5, 0.6) is 0 Å². The Morgan fingerprint density at radius 3 is 3.07 bits per heavy atom. The number of pyridine rings is 1. The second kappa shape index (κ2) is 5.36. The molecule has 0 fully saturated rings. The van der Waals surface area contributed by atoms with E-state index in [2.05, 4.69) is 4.98 Å². The zero-order chi connectivity index (χ0) is 11.3. The molecule has 0 radical (unpaired) electrons. The number of hydrogen-bond donors (Lipinski definition) is 1. The molecule has 0 amide bonds. The van der Waals surface area contributed by atoms with E-state index in [-0.39, 0.29) is 5.15 Å². The first kappa shape index (κ1) is 11.5. The van der Waals surface area contributed by atoms with Crippen LogP contribution in [0.3, 0.4) is 0 Å². The van der Waals surface area contributed by atoms with E-state index in [1.165, 1.54) is 18.3 Å². The fourth-order valence-electron chi connectivity index (χ4n) is 0.968. The number of ether oxygens (including phenoxy) is 1. The highest BCUT2D eigenvalue weighted by Crippen LogP contribution is 2.20. The molecule has 0 spiro atoms. The molecular formula is C10H11ClN2O2. The van der Waals surface area contributed by atoms with Gasteiger partial charge in [-0.15, -0.1) is 0 Å². The molecule has 1 aromatic heterocycles. The van der Waals surface area contributed by atoms with Gasteiger partial charge in [0.1, 0.15) is 5.15 Å². The minimum atomic E-state index is -0.434. The summed E-state index contributed by atoms with van der Waals surface area (Å²) in [6.45, 7) is 2.07. The topological polar surface area (TPSA) is 65.2 Å². The number of nitrogen functional groups attached to an aromatic ring is 1. The van der Waals surface area contributed by atoms with E-state index < -0.39 is 5.97 Å². The van der Waals surface area contributed by atoms with E-state index in [0.29, 0.717) is 17.9 Å². The molecule has 0 bridgehead atoms. The van der Waals surface area contributed by atoms with Crippen molar-refractivity contribution in [3.8, 4) is 0 Å². The Morgan fingerprint density at radius 1 is 1.73 bits per heavy atom. The van der Waals surface area contributed by atoms with Crippen molar-refractivity contribution >= 4 is 29.3 Å². The molecule has 4 nitrogen and oxygen atoms in total. The average molecular weight is 227 g/mol. The summed E-state index contributed by atoms with van der Waals surface area (Å²) < 4.78 is 4.71. The molecule has 0 unspecified atom stereocenters. The van der Waals surface area contributed by atoms with Gasteiger partial charge in [-0.3, -0.25) is 0 Å². The third kappa shape index (κ3) is 3.25. The number of carbonyl (C=O) groups excluding carboxylic acids is 1. The molecule has 0 atom stereocenters. The fourth-order valence-corrected chi connectivity index (χ4v) is 1.20. The minimum absolute atomic E-state index is 0.260. The van der Waals surface area contributed by atoms with Crippen molar-refractivity contribution in [2.75, 3.05) is 12.3 Å². The number of esters is 1. The molecule has 15 heavy (non-hydrogen) atoms. The first-order valence-corrected chi connectivity index (χ1v) is 4.77. The van der Waals surface area contributed by atoms with Crippen LogP contribution < -0.4 is 5.73 Å². The van der Waals surface area contributed by atoms with Gasteiger partial charge in [0.05, 0.1) is 6.61 Å². The predicted octanol–water partition coefficient (Wildman–Crippen LogP) is 1.89. The van der Waals surface area contributed by atoms with Crippen molar-refractivity contribution in [2.45, 2.75) is 6.92 Å². The summed E-state index contributed by atoms with van der Waals surface area (Å²) >= 11 is 5.80. The minimum Gasteiger partial charge on any atom is -0.463 e. The maximum absolute atomic E-state index is 11.0. The molecule has 5 heteroatoms. The highest BCUT2D eigenvalue weighted by Gasteiger charge is 2.02. The van der Waals surface area contributed by atoms with Crippen LogP contribution in [0, 0.1) is 0 Å². The molecular weight excluding hydrogens is 216 g/mol. The molecule has 0 aliphatic carbocycles. The van der Waals surface area contributed by atoms with E-state index >= 15 is 0 Å². The van der Waals surface area contributed by atoms with Gasteiger partial charge >= 0.3 is 5.97 Å². The summed E-state index contributed by atoms with van der Waals surface area (Å²) in [7, 11) is 0. The maximum Gasteiger partial charge on any atom is 0.330 e. The van der Waals surface area contributed by atoms with E-state index in [1.807, 2.05) is 0 Å². The highest BCUT2D eigenvalue weighted by atomic mass is 35.5. The Morgan fingerprint density at radius 2 is 2.47 bits per heavy atom. The number of nitrogens with zero attached hydrogens (tertiary/aromatic N) is 1. The van der Waals surface area contributed by atoms with Crippen LogP contribution in [0.2, 0.25) is 5.15 Å². The van der Waals surface area contributed by atoms with Crippen molar-refractivity contribution in [2.24, 2.45) is 0 Å². The van der Waals surface area contributed by atoms with Crippen LogP contribution in [0.1, 0.15) is 12.5 Å². The summed E-state index contributed by atoms with van der Waals surface area (Å²) in [6.07, 6.45) is 4.25. The monoisotopic (exact) mass is 226 g/mol. The molecule has 0 aliphatic rings. The third-order valence-corrected chi connectivity index (χ3v) is 1.95. The third-order valence-electron chi connectivity index (χ3n) is 1.65. The lowest BCUT2D eigenvalue weighted by Crippen LogP contribution is -1.99. The van der Waals surface area contributed by atoms with Crippen molar-refractivity contribution in [1.29, 1.82) is 0 Å². The second-order valence-corrected chi connectivity index (χ2v) is 3.05. The first-order valence-electron chi connectivity index (χ1n) is 4.40. The number of anilines is 1. The van der Waals surface area contributed by atoms with Crippen molar-refractivity contribution in [1.82, 2.24) is 4.98 Å². The second-order valence-electron chi connectivity index (χ2n) is 2.69. The van der Waals surface area contributed by atoms with Gasteiger partial charge < -0.3 is 10.5 Å². The van der Waals surface area contributed by atoms with Crippen molar-refractivity contribution in [3.05, 3.63) is 29.1 Å². The molecule has 80 valence electrons. The number of rotatable bonds is 3. The van der Waals surface area contributed by atoms with Gasteiger partial charge in [0.25, 0.3) is 0 Å². The van der Waals surface area contributed by atoms with Gasteiger partial charge in [-0.25, -0.2) is 9.78 Å². The van der Waals surface area contributed by atoms with E-state index in [0.717, 1.165) is 0 Å². The SMILES string of the molecule is CCOC(=O)/C=C/c1c(N)ccnc1Cl. The van der Waals surface area contributed by atoms with Crippen molar-refractivity contribution < 1.29 is 9.53 Å². The zero-order valence-electron chi connectivity index (χ0n) is 8.24. The average Bonchev–Trinajstić information content (AvgIpc) is 2.17. The zero-order valence-corrected chi connectivity index (χ0v) is 8.99. The Kier molecular flexibility index (Phi) is 4.12. The quantitative estimate of drug-likeness (QED) is 0.486. The van der Waals surface area contributed by atoms with Gasteiger partial charge in [-0.1, -0.05) is 11.6 Å². The highest BCUT2D eigenvalue weighted by molar-refractivity contribution is 6.31. The Bertz CT molecular complexity index is 371. The Balaban J connectivity index is 2.84.